The summed E-state index contributed by atoms with van der Waals surface area (Å²) >= 11 is 0. The molecule has 0 spiro atoms. The van der Waals surface area contributed by atoms with E-state index in [1.165, 1.54) is 24.3 Å². The van der Waals surface area contributed by atoms with Crippen LogP contribution in [-0.2, 0) is 15.6 Å². The highest BCUT2D eigenvalue weighted by molar-refractivity contribution is 7.88. The Morgan fingerprint density at radius 1 is 1.19 bits per heavy atom. The molecule has 5 nitrogen and oxygen atoms in total. The molecule has 0 aliphatic rings. The summed E-state index contributed by atoms with van der Waals surface area (Å²) in [5.41, 5.74) is -0.101. The van der Waals surface area contributed by atoms with E-state index in [1.807, 2.05) is 0 Å². The molecular formula is C10H8O5S. The molecule has 1 unspecified atom stereocenters. The van der Waals surface area contributed by atoms with E-state index in [2.05, 4.69) is 0 Å². The lowest BCUT2D eigenvalue weighted by molar-refractivity contribution is -0.131. The largest absolute Gasteiger partial charge is 0.478 e. The van der Waals surface area contributed by atoms with E-state index in [0.717, 1.165) is 11.5 Å². The van der Waals surface area contributed by atoms with Gasteiger partial charge in [-0.15, -0.1) is 0 Å². The summed E-state index contributed by atoms with van der Waals surface area (Å²) in [4.78, 5) is 21.1. The van der Waals surface area contributed by atoms with Crippen LogP contribution in [0.3, 0.4) is 0 Å². The molecule has 0 saturated carbocycles. The molecule has 2 N–H and O–H groups in total. The van der Waals surface area contributed by atoms with Crippen LogP contribution in [0.25, 0.3) is 0 Å². The molecule has 0 amide bonds. The van der Waals surface area contributed by atoms with Crippen LogP contribution in [0.5, 0.6) is 0 Å². The van der Waals surface area contributed by atoms with Crippen LogP contribution in [0.15, 0.2) is 40.6 Å². The molecule has 0 radical (unpaired) electrons. The van der Waals surface area contributed by atoms with E-state index in [9.17, 15) is 13.8 Å². The Labute approximate surface area is 93.5 Å². The number of carboxylic acid groups (broad SMARTS) is 2. The maximum atomic E-state index is 11.6. The lowest BCUT2D eigenvalue weighted by Gasteiger charge is -2.01. The van der Waals surface area contributed by atoms with E-state index >= 15 is 0 Å². The Morgan fingerprint density at radius 3 is 2.38 bits per heavy atom. The summed E-state index contributed by atoms with van der Waals surface area (Å²) < 4.78 is 11.6. The quantitative estimate of drug-likeness (QED) is 0.768. The molecule has 1 aromatic carbocycles. The summed E-state index contributed by atoms with van der Waals surface area (Å²) in [5.74, 6) is -2.44. The number of rotatable bonds is 4. The van der Waals surface area contributed by atoms with Gasteiger partial charge in [0.2, 0.25) is 0 Å². The predicted molar refractivity (Wildman–Crippen MR) is 56.6 cm³/mol. The maximum absolute atomic E-state index is 11.6. The molecule has 0 aliphatic carbocycles. The van der Waals surface area contributed by atoms with E-state index in [1.54, 1.807) is 0 Å². The third-order valence-electron chi connectivity index (χ3n) is 1.67. The van der Waals surface area contributed by atoms with Crippen molar-refractivity contribution in [3.63, 3.8) is 0 Å². The molecule has 0 heterocycles. The topological polar surface area (TPSA) is 91.7 Å². The van der Waals surface area contributed by atoms with Crippen molar-refractivity contribution in [1.29, 1.82) is 0 Å². The first-order valence-electron chi connectivity index (χ1n) is 4.16. The fourth-order valence-corrected chi connectivity index (χ4v) is 1.98. The van der Waals surface area contributed by atoms with Gasteiger partial charge < -0.3 is 10.2 Å². The van der Waals surface area contributed by atoms with Crippen molar-refractivity contribution in [1.82, 2.24) is 0 Å². The van der Waals surface area contributed by atoms with Crippen LogP contribution >= 0.6 is 0 Å². The van der Waals surface area contributed by atoms with Gasteiger partial charge in [-0.05, 0) is 12.1 Å². The molecule has 1 aromatic rings. The lowest BCUT2D eigenvalue weighted by Crippen LogP contribution is -2.02. The van der Waals surface area contributed by atoms with Crippen molar-refractivity contribution >= 4 is 22.7 Å². The van der Waals surface area contributed by atoms with Crippen LogP contribution in [-0.4, -0.2) is 26.4 Å². The van der Waals surface area contributed by atoms with Gasteiger partial charge in [-0.25, -0.2) is 13.8 Å². The minimum Gasteiger partial charge on any atom is -0.478 e. The molecular weight excluding hydrogens is 232 g/mol. The van der Waals surface area contributed by atoms with Crippen LogP contribution in [0.4, 0.5) is 0 Å². The standard InChI is InChI=1S/C10H8O5S/c11-9(12)5-6-16(15)8-4-2-1-3-7(8)10(13)14/h1-6H,(H,11,12)(H,13,14)/b6-5-. The van der Waals surface area contributed by atoms with Gasteiger partial charge in [0.05, 0.1) is 21.3 Å². The van der Waals surface area contributed by atoms with Gasteiger partial charge in [0.15, 0.2) is 0 Å². The van der Waals surface area contributed by atoms with Crippen molar-refractivity contribution in [2.24, 2.45) is 0 Å². The fourth-order valence-electron chi connectivity index (χ4n) is 1.01. The first-order chi connectivity index (χ1) is 7.52. The number of carbonyl (C=O) groups is 2. The van der Waals surface area contributed by atoms with Gasteiger partial charge in [0.1, 0.15) is 0 Å². The second-order valence-corrected chi connectivity index (χ2v) is 4.05. The minimum absolute atomic E-state index is 0.0764. The third-order valence-corrected chi connectivity index (χ3v) is 2.84. The van der Waals surface area contributed by atoms with Gasteiger partial charge in [-0.1, -0.05) is 12.1 Å². The molecule has 0 fully saturated rings. The molecule has 6 heteroatoms. The van der Waals surface area contributed by atoms with Crippen molar-refractivity contribution in [3.8, 4) is 0 Å². The average Bonchev–Trinajstić information content (AvgIpc) is 2.25. The SMILES string of the molecule is O=C(O)/C=C\S(=O)c1ccccc1C(=O)O. The van der Waals surface area contributed by atoms with Crippen molar-refractivity contribution in [3.05, 3.63) is 41.3 Å². The summed E-state index contributed by atoms with van der Waals surface area (Å²) in [6, 6.07) is 5.73. The summed E-state index contributed by atoms with van der Waals surface area (Å²) in [6.07, 6.45) is 0.717. The highest BCUT2D eigenvalue weighted by Crippen LogP contribution is 2.14. The van der Waals surface area contributed by atoms with Gasteiger partial charge in [-0.2, -0.15) is 0 Å². The fraction of sp³-hybridized carbons (Fsp3) is 0. The number of hydrogen-bond acceptors (Lipinski definition) is 3. The first-order valence-corrected chi connectivity index (χ1v) is 5.37. The number of carboxylic acids is 2. The van der Waals surface area contributed by atoms with Gasteiger partial charge in [-0.3, -0.25) is 0 Å². The normalized spacial score (nSPS) is 12.5. The van der Waals surface area contributed by atoms with Crippen molar-refractivity contribution in [2.45, 2.75) is 4.90 Å². The maximum Gasteiger partial charge on any atom is 0.336 e. The molecule has 1 atom stereocenters. The van der Waals surface area contributed by atoms with Crippen molar-refractivity contribution < 1.29 is 24.0 Å². The molecule has 0 bridgehead atoms. The monoisotopic (exact) mass is 240 g/mol. The second-order valence-electron chi connectivity index (χ2n) is 2.74. The highest BCUT2D eigenvalue weighted by atomic mass is 32.2. The van der Waals surface area contributed by atoms with Crippen LogP contribution in [0.2, 0.25) is 0 Å². The molecule has 1 rings (SSSR count). The molecule has 84 valence electrons. The van der Waals surface area contributed by atoms with Crippen molar-refractivity contribution in [2.75, 3.05) is 0 Å². The smallest absolute Gasteiger partial charge is 0.336 e. The Kier molecular flexibility index (Phi) is 3.96. The summed E-state index contributed by atoms with van der Waals surface area (Å²) in [5, 5.41) is 18.1. The zero-order chi connectivity index (χ0) is 12.1. The first kappa shape index (κ1) is 12.1. The Bertz CT molecular complexity index is 478. The number of benzene rings is 1. The van der Waals surface area contributed by atoms with E-state index in [-0.39, 0.29) is 10.5 Å². The second kappa shape index (κ2) is 5.22. The Balaban J connectivity index is 3.09. The highest BCUT2D eigenvalue weighted by Gasteiger charge is 2.12. The van der Waals surface area contributed by atoms with E-state index in [4.69, 9.17) is 10.2 Å². The van der Waals surface area contributed by atoms with Gasteiger partial charge in [0.25, 0.3) is 0 Å². The molecule has 0 aromatic heterocycles. The summed E-state index contributed by atoms with van der Waals surface area (Å²) in [6.45, 7) is 0. The predicted octanol–water partition coefficient (Wildman–Crippen LogP) is 1.09. The Hall–Kier alpha value is -1.95. The average molecular weight is 240 g/mol. The van der Waals surface area contributed by atoms with Gasteiger partial charge >= 0.3 is 11.9 Å². The Morgan fingerprint density at radius 2 is 1.81 bits per heavy atom. The van der Waals surface area contributed by atoms with Crippen LogP contribution < -0.4 is 0 Å². The lowest BCUT2D eigenvalue weighted by atomic mass is 10.2. The number of hydrogen-bond donors (Lipinski definition) is 2. The number of aliphatic carboxylic acids is 1. The van der Waals surface area contributed by atoms with E-state index < -0.39 is 22.7 Å². The van der Waals surface area contributed by atoms with Crippen LogP contribution in [0, 0.1) is 0 Å². The molecule has 0 saturated heterocycles. The zero-order valence-electron chi connectivity index (χ0n) is 7.99. The third kappa shape index (κ3) is 3.03. The summed E-state index contributed by atoms with van der Waals surface area (Å²) in [7, 11) is -1.78. The molecule has 0 aliphatic heterocycles. The van der Waals surface area contributed by atoms with E-state index in [0.29, 0.717) is 0 Å². The van der Waals surface area contributed by atoms with Crippen LogP contribution in [0.1, 0.15) is 10.4 Å². The minimum atomic E-state index is -1.78. The van der Waals surface area contributed by atoms with Gasteiger partial charge in [0, 0.05) is 11.5 Å². The number of aromatic carboxylic acids is 1. The molecule has 16 heavy (non-hydrogen) atoms. The zero-order valence-corrected chi connectivity index (χ0v) is 8.81.